The maximum atomic E-state index is 12.3. The predicted molar refractivity (Wildman–Crippen MR) is 82.6 cm³/mol. The fourth-order valence-corrected chi connectivity index (χ4v) is 4.13. The highest BCUT2D eigenvalue weighted by atomic mass is 32.2. The van der Waals surface area contributed by atoms with E-state index in [0.29, 0.717) is 11.7 Å². The first-order valence-electron chi connectivity index (χ1n) is 7.52. The molecule has 1 N–H and O–H groups in total. The van der Waals surface area contributed by atoms with Gasteiger partial charge in [0.25, 0.3) is 10.0 Å². The van der Waals surface area contributed by atoms with E-state index in [0.717, 1.165) is 19.6 Å². The molecular formula is C14H26N4O2S. The molecule has 0 amide bonds. The molecule has 120 valence electrons. The molecule has 7 heteroatoms. The molecule has 1 saturated heterocycles. The third-order valence-corrected chi connectivity index (χ3v) is 5.45. The minimum Gasteiger partial charge on any atom is -0.337 e. The van der Waals surface area contributed by atoms with E-state index < -0.39 is 10.0 Å². The summed E-state index contributed by atoms with van der Waals surface area (Å²) >= 11 is 0. The molecule has 2 heterocycles. The maximum Gasteiger partial charge on any atom is 0.259 e. The molecule has 1 aromatic heterocycles. The minimum atomic E-state index is -3.53. The van der Waals surface area contributed by atoms with E-state index in [2.05, 4.69) is 21.5 Å². The van der Waals surface area contributed by atoms with Crippen LogP contribution in [-0.4, -0.2) is 48.5 Å². The van der Waals surface area contributed by atoms with Crippen LogP contribution in [0.15, 0.2) is 11.2 Å². The molecule has 0 aromatic carbocycles. The predicted octanol–water partition coefficient (Wildman–Crippen LogP) is 1.13. The smallest absolute Gasteiger partial charge is 0.259 e. The first-order valence-corrected chi connectivity index (χ1v) is 9.01. The summed E-state index contributed by atoms with van der Waals surface area (Å²) in [4.78, 5) is 6.43. The number of hydrogen-bond acceptors (Lipinski definition) is 4. The number of nitrogens with one attached hydrogen (secondary N) is 1. The molecular weight excluding hydrogens is 288 g/mol. The summed E-state index contributed by atoms with van der Waals surface area (Å²) in [6.45, 7) is 8.80. The zero-order chi connectivity index (χ0) is 15.6. The SMILES string of the molecule is Cc1nc(S(=O)(=O)N[C@@H](C)CN2CCC[C@@H](C)C2)cn1C. The number of aryl methyl sites for hydroxylation is 2. The fraction of sp³-hybridized carbons (Fsp3) is 0.786. The zero-order valence-electron chi connectivity index (χ0n) is 13.3. The Morgan fingerprint density at radius 3 is 2.81 bits per heavy atom. The van der Waals surface area contributed by atoms with Gasteiger partial charge in [-0.15, -0.1) is 0 Å². The van der Waals surface area contributed by atoms with E-state index >= 15 is 0 Å². The van der Waals surface area contributed by atoms with Gasteiger partial charge in [0.2, 0.25) is 0 Å². The lowest BCUT2D eigenvalue weighted by Crippen LogP contribution is -2.45. The lowest BCUT2D eigenvalue weighted by molar-refractivity contribution is 0.174. The molecule has 1 fully saturated rings. The van der Waals surface area contributed by atoms with Crippen LogP contribution >= 0.6 is 0 Å². The molecule has 21 heavy (non-hydrogen) atoms. The van der Waals surface area contributed by atoms with Crippen LogP contribution in [0.25, 0.3) is 0 Å². The number of sulfonamides is 1. The summed E-state index contributed by atoms with van der Waals surface area (Å²) in [6.07, 6.45) is 4.01. The highest BCUT2D eigenvalue weighted by molar-refractivity contribution is 7.89. The van der Waals surface area contributed by atoms with Crippen molar-refractivity contribution in [2.24, 2.45) is 13.0 Å². The van der Waals surface area contributed by atoms with Gasteiger partial charge in [-0.1, -0.05) is 6.92 Å². The van der Waals surface area contributed by atoms with E-state index in [1.54, 1.807) is 24.7 Å². The van der Waals surface area contributed by atoms with Crippen LogP contribution in [0.4, 0.5) is 0 Å². The molecule has 0 radical (unpaired) electrons. The van der Waals surface area contributed by atoms with E-state index in [1.165, 1.54) is 12.8 Å². The van der Waals surface area contributed by atoms with Gasteiger partial charge in [0.05, 0.1) is 0 Å². The van der Waals surface area contributed by atoms with Crippen molar-refractivity contribution in [1.29, 1.82) is 0 Å². The Hall–Kier alpha value is -0.920. The Morgan fingerprint density at radius 1 is 1.52 bits per heavy atom. The average Bonchev–Trinajstić information content (AvgIpc) is 2.69. The molecule has 0 bridgehead atoms. The van der Waals surface area contributed by atoms with E-state index in [-0.39, 0.29) is 11.1 Å². The Balaban J connectivity index is 1.96. The van der Waals surface area contributed by atoms with Gasteiger partial charge in [0, 0.05) is 32.4 Å². The molecule has 0 saturated carbocycles. The third kappa shape index (κ3) is 4.28. The lowest BCUT2D eigenvalue weighted by Gasteiger charge is -2.32. The van der Waals surface area contributed by atoms with E-state index in [4.69, 9.17) is 0 Å². The van der Waals surface area contributed by atoms with Gasteiger partial charge in [-0.3, -0.25) is 0 Å². The Morgan fingerprint density at radius 2 is 2.24 bits per heavy atom. The summed E-state index contributed by atoms with van der Waals surface area (Å²) in [5.74, 6) is 1.38. The van der Waals surface area contributed by atoms with Crippen LogP contribution in [0.5, 0.6) is 0 Å². The molecule has 2 rings (SSSR count). The number of aromatic nitrogens is 2. The quantitative estimate of drug-likeness (QED) is 0.884. The second kappa shape index (κ2) is 6.46. The number of rotatable bonds is 5. The number of hydrogen-bond donors (Lipinski definition) is 1. The van der Waals surface area contributed by atoms with Gasteiger partial charge >= 0.3 is 0 Å². The van der Waals surface area contributed by atoms with Crippen molar-refractivity contribution in [1.82, 2.24) is 19.2 Å². The topological polar surface area (TPSA) is 67.2 Å². The Bertz CT molecular complexity index is 562. The van der Waals surface area contributed by atoms with Gasteiger partial charge in [-0.25, -0.2) is 18.1 Å². The van der Waals surface area contributed by atoms with Gasteiger partial charge in [0.1, 0.15) is 5.82 Å². The van der Waals surface area contributed by atoms with Gasteiger partial charge in [0.15, 0.2) is 5.03 Å². The van der Waals surface area contributed by atoms with Crippen molar-refractivity contribution in [3.63, 3.8) is 0 Å². The second-order valence-electron chi connectivity index (χ2n) is 6.27. The summed E-state index contributed by atoms with van der Waals surface area (Å²) in [7, 11) is -1.74. The van der Waals surface area contributed by atoms with Crippen LogP contribution in [-0.2, 0) is 17.1 Å². The molecule has 1 aliphatic heterocycles. The van der Waals surface area contributed by atoms with Crippen LogP contribution in [0, 0.1) is 12.8 Å². The van der Waals surface area contributed by atoms with Gasteiger partial charge in [-0.05, 0) is 39.2 Å². The normalized spacial score (nSPS) is 22.4. The van der Waals surface area contributed by atoms with Crippen LogP contribution < -0.4 is 4.72 Å². The van der Waals surface area contributed by atoms with Crippen molar-refractivity contribution >= 4 is 10.0 Å². The van der Waals surface area contributed by atoms with Crippen LogP contribution in [0.2, 0.25) is 0 Å². The van der Waals surface area contributed by atoms with Crippen molar-refractivity contribution in [3.05, 3.63) is 12.0 Å². The van der Waals surface area contributed by atoms with E-state index in [9.17, 15) is 8.42 Å². The number of piperidine rings is 1. The standard InChI is InChI=1S/C14H26N4O2S/c1-11-6-5-7-18(8-11)9-12(2)16-21(19,20)14-10-17(4)13(3)15-14/h10-12,16H,5-9H2,1-4H3/t11-,12+/m1/s1. The number of imidazole rings is 1. The summed E-state index contributed by atoms with van der Waals surface area (Å²) in [5, 5.41) is 0.0985. The summed E-state index contributed by atoms with van der Waals surface area (Å²) in [6, 6.07) is -0.123. The van der Waals surface area contributed by atoms with Gasteiger partial charge < -0.3 is 9.47 Å². The molecule has 1 aromatic rings. The maximum absolute atomic E-state index is 12.3. The fourth-order valence-electron chi connectivity index (χ4n) is 2.86. The van der Waals surface area contributed by atoms with Crippen molar-refractivity contribution < 1.29 is 8.42 Å². The van der Waals surface area contributed by atoms with E-state index in [1.807, 2.05) is 6.92 Å². The molecule has 2 atom stereocenters. The second-order valence-corrected chi connectivity index (χ2v) is 7.93. The Labute approximate surface area is 127 Å². The van der Waals surface area contributed by atoms with Gasteiger partial charge in [-0.2, -0.15) is 0 Å². The first kappa shape index (κ1) is 16.5. The average molecular weight is 314 g/mol. The molecule has 1 aliphatic rings. The van der Waals surface area contributed by atoms with Crippen LogP contribution in [0.1, 0.15) is 32.5 Å². The zero-order valence-corrected chi connectivity index (χ0v) is 14.2. The van der Waals surface area contributed by atoms with Crippen molar-refractivity contribution in [3.8, 4) is 0 Å². The Kier molecular flexibility index (Phi) is 5.06. The highest BCUT2D eigenvalue weighted by Crippen LogP contribution is 2.16. The van der Waals surface area contributed by atoms with Crippen LogP contribution in [0.3, 0.4) is 0 Å². The minimum absolute atomic E-state index is 0.0985. The molecule has 6 nitrogen and oxygen atoms in total. The first-order chi connectivity index (χ1) is 9.78. The summed E-state index contributed by atoms with van der Waals surface area (Å²) < 4.78 is 29.1. The van der Waals surface area contributed by atoms with Crippen molar-refractivity contribution in [2.45, 2.75) is 44.7 Å². The molecule has 0 aliphatic carbocycles. The summed E-state index contributed by atoms with van der Waals surface area (Å²) in [5.41, 5.74) is 0. The molecule has 0 spiro atoms. The third-order valence-electron chi connectivity index (χ3n) is 3.99. The van der Waals surface area contributed by atoms with Crippen molar-refractivity contribution in [2.75, 3.05) is 19.6 Å². The highest BCUT2D eigenvalue weighted by Gasteiger charge is 2.23. The lowest BCUT2D eigenvalue weighted by atomic mass is 10.00. The number of likely N-dealkylation sites (tertiary alicyclic amines) is 1. The monoisotopic (exact) mass is 314 g/mol. The molecule has 0 unspecified atom stereocenters. The number of nitrogens with zero attached hydrogens (tertiary/aromatic N) is 3. The largest absolute Gasteiger partial charge is 0.337 e.